The van der Waals surface area contributed by atoms with E-state index >= 15 is 0 Å². The maximum Gasteiger partial charge on any atom is 0.328 e. The number of aliphatic hydroxyl groups excluding tert-OH is 1. The maximum absolute atomic E-state index is 11.5. The molecule has 1 rings (SSSR count). The smallest absolute Gasteiger partial charge is 0.328 e. The molecule has 0 radical (unpaired) electrons. The summed E-state index contributed by atoms with van der Waals surface area (Å²) in [7, 11) is 0. The van der Waals surface area contributed by atoms with Crippen LogP contribution in [0.25, 0.3) is 0 Å². The summed E-state index contributed by atoms with van der Waals surface area (Å²) < 4.78 is 0. The molecule has 0 aliphatic heterocycles. The molecule has 0 aromatic carbocycles. The first kappa shape index (κ1) is 12.9. The zero-order chi connectivity index (χ0) is 12.3. The van der Waals surface area contributed by atoms with E-state index in [4.69, 9.17) is 10.8 Å². The van der Waals surface area contributed by atoms with Gasteiger partial charge in [-0.15, -0.1) is 0 Å². The first-order valence-electron chi connectivity index (χ1n) is 5.33. The summed E-state index contributed by atoms with van der Waals surface area (Å²) in [5.41, 5.74) is 5.38. The van der Waals surface area contributed by atoms with Crippen molar-refractivity contribution in [1.29, 1.82) is 0 Å². The van der Waals surface area contributed by atoms with E-state index in [0.717, 1.165) is 19.3 Å². The molecule has 6 heteroatoms. The zero-order valence-electron chi connectivity index (χ0n) is 9.27. The second-order valence-electron chi connectivity index (χ2n) is 4.52. The van der Waals surface area contributed by atoms with Crippen LogP contribution in [-0.4, -0.2) is 39.8 Å². The lowest BCUT2D eigenvalue weighted by molar-refractivity contribution is -0.145. The second-order valence-corrected chi connectivity index (χ2v) is 4.52. The molecule has 16 heavy (non-hydrogen) atoms. The molecule has 0 aromatic heterocycles. The Labute approximate surface area is 93.8 Å². The fourth-order valence-electron chi connectivity index (χ4n) is 1.74. The van der Waals surface area contributed by atoms with Crippen LogP contribution in [0.2, 0.25) is 0 Å². The van der Waals surface area contributed by atoms with Crippen LogP contribution in [0.5, 0.6) is 0 Å². The molecule has 2 atom stereocenters. The van der Waals surface area contributed by atoms with Crippen LogP contribution in [0.3, 0.4) is 0 Å². The normalized spacial score (nSPS) is 21.7. The van der Waals surface area contributed by atoms with E-state index in [-0.39, 0.29) is 6.42 Å². The van der Waals surface area contributed by atoms with Gasteiger partial charge in [-0.05, 0) is 26.2 Å². The first-order valence-corrected chi connectivity index (χ1v) is 5.33. The molecule has 5 N–H and O–H groups in total. The van der Waals surface area contributed by atoms with Gasteiger partial charge in [-0.3, -0.25) is 4.79 Å². The standard InChI is InChI=1S/C10H18N2O4/c1-6(13)8(9(15)16)12-7(14)5-10(11)3-2-4-10/h6,8,13H,2-5,11H2,1H3,(H,12,14)(H,15,16)/t6-,8+/m1/s1. The fourth-order valence-corrected chi connectivity index (χ4v) is 1.74. The molecule has 1 saturated carbocycles. The predicted molar refractivity (Wildman–Crippen MR) is 56.6 cm³/mol. The van der Waals surface area contributed by atoms with Crippen LogP contribution < -0.4 is 11.1 Å². The van der Waals surface area contributed by atoms with Crippen LogP contribution in [0.15, 0.2) is 0 Å². The highest BCUT2D eigenvalue weighted by Crippen LogP contribution is 2.31. The van der Waals surface area contributed by atoms with Gasteiger partial charge in [-0.1, -0.05) is 0 Å². The van der Waals surface area contributed by atoms with Gasteiger partial charge < -0.3 is 21.3 Å². The molecule has 92 valence electrons. The van der Waals surface area contributed by atoms with Crippen LogP contribution in [0, 0.1) is 0 Å². The van der Waals surface area contributed by atoms with Gasteiger partial charge in [0.05, 0.1) is 6.10 Å². The largest absolute Gasteiger partial charge is 0.480 e. The number of hydrogen-bond acceptors (Lipinski definition) is 4. The summed E-state index contributed by atoms with van der Waals surface area (Å²) in [6.45, 7) is 1.32. The fraction of sp³-hybridized carbons (Fsp3) is 0.800. The number of amides is 1. The van der Waals surface area contributed by atoms with Crippen molar-refractivity contribution in [3.05, 3.63) is 0 Å². The molecular formula is C10H18N2O4. The number of aliphatic hydroxyl groups is 1. The van der Waals surface area contributed by atoms with Gasteiger partial charge >= 0.3 is 5.97 Å². The molecule has 0 heterocycles. The number of aliphatic carboxylic acids is 1. The second kappa shape index (κ2) is 4.80. The molecular weight excluding hydrogens is 212 g/mol. The molecule has 1 fully saturated rings. The topological polar surface area (TPSA) is 113 Å². The van der Waals surface area contributed by atoms with Crippen LogP contribution in [0.4, 0.5) is 0 Å². The molecule has 1 aliphatic rings. The Kier molecular flexibility index (Phi) is 3.88. The number of carboxylic acid groups (broad SMARTS) is 1. The Bertz CT molecular complexity index is 287. The molecule has 0 spiro atoms. The summed E-state index contributed by atoms with van der Waals surface area (Å²) in [5, 5.41) is 20.2. The van der Waals surface area contributed by atoms with Gasteiger partial charge in [0.25, 0.3) is 0 Å². The summed E-state index contributed by atoms with van der Waals surface area (Å²) in [4.78, 5) is 22.2. The highest BCUT2D eigenvalue weighted by molar-refractivity contribution is 5.84. The number of nitrogens with one attached hydrogen (secondary N) is 1. The van der Waals surface area contributed by atoms with Gasteiger partial charge in [-0.25, -0.2) is 4.79 Å². The summed E-state index contributed by atoms with van der Waals surface area (Å²) in [6, 6.07) is -1.27. The lowest BCUT2D eigenvalue weighted by atomic mass is 9.75. The third kappa shape index (κ3) is 3.18. The lowest BCUT2D eigenvalue weighted by Gasteiger charge is -2.37. The predicted octanol–water partition coefficient (Wildman–Crippen LogP) is -0.792. The van der Waals surface area contributed by atoms with Gasteiger partial charge in [-0.2, -0.15) is 0 Å². The van der Waals surface area contributed by atoms with Crippen molar-refractivity contribution in [3.63, 3.8) is 0 Å². The molecule has 0 unspecified atom stereocenters. The number of carboxylic acids is 1. The van der Waals surface area contributed by atoms with Crippen LogP contribution in [0.1, 0.15) is 32.6 Å². The highest BCUT2D eigenvalue weighted by atomic mass is 16.4. The van der Waals surface area contributed by atoms with E-state index in [1.165, 1.54) is 6.92 Å². The third-order valence-corrected chi connectivity index (χ3v) is 2.93. The van der Waals surface area contributed by atoms with Crippen molar-refractivity contribution in [1.82, 2.24) is 5.32 Å². The molecule has 0 aromatic rings. The van der Waals surface area contributed by atoms with Crippen molar-refractivity contribution in [2.24, 2.45) is 5.73 Å². The quantitative estimate of drug-likeness (QED) is 0.494. The highest BCUT2D eigenvalue weighted by Gasteiger charge is 2.36. The summed E-state index contributed by atoms with van der Waals surface area (Å²) >= 11 is 0. The Morgan fingerprint density at radius 2 is 2.06 bits per heavy atom. The summed E-state index contributed by atoms with van der Waals surface area (Å²) in [6.07, 6.45) is 1.56. The van der Waals surface area contributed by atoms with Crippen molar-refractivity contribution >= 4 is 11.9 Å². The van der Waals surface area contributed by atoms with E-state index in [2.05, 4.69) is 5.32 Å². The van der Waals surface area contributed by atoms with Crippen LogP contribution in [-0.2, 0) is 9.59 Å². The molecule has 1 aliphatic carbocycles. The van der Waals surface area contributed by atoms with Crippen LogP contribution >= 0.6 is 0 Å². The average molecular weight is 230 g/mol. The number of hydrogen-bond donors (Lipinski definition) is 4. The van der Waals surface area contributed by atoms with Crippen molar-refractivity contribution < 1.29 is 19.8 Å². The van der Waals surface area contributed by atoms with E-state index in [1.54, 1.807) is 0 Å². The third-order valence-electron chi connectivity index (χ3n) is 2.93. The van der Waals surface area contributed by atoms with Crippen molar-refractivity contribution in [2.75, 3.05) is 0 Å². The average Bonchev–Trinajstić information content (AvgIpc) is 2.10. The SMILES string of the molecule is C[C@@H](O)[C@H](NC(=O)CC1(N)CCC1)C(=O)O. The minimum absolute atomic E-state index is 0.115. The molecule has 0 saturated heterocycles. The Hall–Kier alpha value is -1.14. The minimum Gasteiger partial charge on any atom is -0.480 e. The van der Waals surface area contributed by atoms with Crippen molar-refractivity contribution in [2.45, 2.75) is 50.3 Å². The lowest BCUT2D eigenvalue weighted by Crippen LogP contribution is -2.53. The number of nitrogens with two attached hydrogens (primary N) is 1. The number of carbonyl (C=O) groups is 2. The van der Waals surface area contributed by atoms with Gasteiger partial charge in [0.1, 0.15) is 0 Å². The van der Waals surface area contributed by atoms with E-state index in [1.807, 2.05) is 0 Å². The van der Waals surface area contributed by atoms with Gasteiger partial charge in [0, 0.05) is 12.0 Å². The molecule has 1 amide bonds. The van der Waals surface area contributed by atoms with E-state index < -0.39 is 29.6 Å². The Morgan fingerprint density at radius 1 is 1.50 bits per heavy atom. The van der Waals surface area contributed by atoms with Gasteiger partial charge in [0.2, 0.25) is 5.91 Å². The maximum atomic E-state index is 11.5. The number of carbonyl (C=O) groups excluding carboxylic acids is 1. The van der Waals surface area contributed by atoms with E-state index in [9.17, 15) is 14.7 Å². The first-order chi connectivity index (χ1) is 7.34. The minimum atomic E-state index is -1.27. The molecule has 6 nitrogen and oxygen atoms in total. The monoisotopic (exact) mass is 230 g/mol. The van der Waals surface area contributed by atoms with Crippen molar-refractivity contribution in [3.8, 4) is 0 Å². The Balaban J connectivity index is 2.45. The van der Waals surface area contributed by atoms with Gasteiger partial charge in [0.15, 0.2) is 6.04 Å². The molecule has 0 bridgehead atoms. The summed E-state index contributed by atoms with van der Waals surface area (Å²) in [5.74, 6) is -1.67. The Morgan fingerprint density at radius 3 is 2.38 bits per heavy atom. The van der Waals surface area contributed by atoms with E-state index in [0.29, 0.717) is 0 Å². The number of rotatable bonds is 5. The zero-order valence-corrected chi connectivity index (χ0v) is 9.27.